The molecule has 6 heteroatoms. The van der Waals surface area contributed by atoms with Gasteiger partial charge in [-0.2, -0.15) is 0 Å². The number of hydrogen-bond donors (Lipinski definition) is 0. The molecule has 0 atom stereocenters. The van der Waals surface area contributed by atoms with E-state index in [0.29, 0.717) is 12.5 Å². The van der Waals surface area contributed by atoms with Gasteiger partial charge in [0.2, 0.25) is 11.9 Å². The summed E-state index contributed by atoms with van der Waals surface area (Å²) in [5.74, 6) is 1.98. The van der Waals surface area contributed by atoms with Crippen molar-refractivity contribution in [2.24, 2.45) is 5.41 Å². The summed E-state index contributed by atoms with van der Waals surface area (Å²) in [5.41, 5.74) is 4.06. The number of furan rings is 1. The van der Waals surface area contributed by atoms with Gasteiger partial charge in [-0.25, -0.2) is 9.97 Å². The fraction of sp³-hybridized carbons (Fsp3) is 0.444. The van der Waals surface area contributed by atoms with Crippen molar-refractivity contribution in [3.8, 4) is 0 Å². The van der Waals surface area contributed by atoms with Crippen LogP contribution < -0.4 is 4.90 Å². The quantitative estimate of drug-likeness (QED) is 0.674. The molecule has 1 aliphatic carbocycles. The van der Waals surface area contributed by atoms with Gasteiger partial charge in [-0.1, -0.05) is 24.3 Å². The van der Waals surface area contributed by atoms with E-state index in [4.69, 9.17) is 4.42 Å². The van der Waals surface area contributed by atoms with Crippen LogP contribution in [-0.4, -0.2) is 47.0 Å². The topological polar surface area (TPSA) is 62.5 Å². The molecule has 1 spiro atoms. The second kappa shape index (κ2) is 9.00. The number of aryl methyl sites for hydroxylation is 2. The van der Waals surface area contributed by atoms with Crippen molar-refractivity contribution in [3.05, 3.63) is 71.5 Å². The predicted molar refractivity (Wildman–Crippen MR) is 130 cm³/mol. The Kier molecular flexibility index (Phi) is 5.92. The molecule has 1 amide bonds. The first-order valence-electron chi connectivity index (χ1n) is 12.0. The Bertz CT molecular complexity index is 1080. The Morgan fingerprint density at radius 2 is 1.85 bits per heavy atom. The molecule has 0 bridgehead atoms. The van der Waals surface area contributed by atoms with Gasteiger partial charge in [0.05, 0.1) is 11.7 Å². The van der Waals surface area contributed by atoms with E-state index in [1.165, 1.54) is 5.57 Å². The first-order valence-corrected chi connectivity index (χ1v) is 12.0. The average Bonchev–Trinajstić information content (AvgIpc) is 3.23. The van der Waals surface area contributed by atoms with E-state index in [9.17, 15) is 4.79 Å². The summed E-state index contributed by atoms with van der Waals surface area (Å²) in [5, 5.41) is 0. The monoisotopic (exact) mass is 444 g/mol. The van der Waals surface area contributed by atoms with Crippen LogP contribution >= 0.6 is 0 Å². The van der Waals surface area contributed by atoms with Gasteiger partial charge in [0, 0.05) is 43.1 Å². The van der Waals surface area contributed by atoms with Crippen molar-refractivity contribution >= 4 is 17.4 Å². The molecule has 2 fully saturated rings. The van der Waals surface area contributed by atoms with Gasteiger partial charge in [0.25, 0.3) is 0 Å². The van der Waals surface area contributed by atoms with Crippen molar-refractivity contribution in [2.45, 2.75) is 46.0 Å². The number of aromatic nitrogens is 2. The largest absolute Gasteiger partial charge is 0.464 e. The number of likely N-dealkylation sites (tertiary alicyclic amines) is 1. The number of amides is 1. The highest BCUT2D eigenvalue weighted by Gasteiger charge is 2.46. The zero-order valence-electron chi connectivity index (χ0n) is 19.6. The Morgan fingerprint density at radius 1 is 1.06 bits per heavy atom. The smallest absolute Gasteiger partial charge is 0.229 e. The maximum Gasteiger partial charge on any atom is 0.229 e. The molecule has 0 N–H and O–H groups in total. The van der Waals surface area contributed by atoms with E-state index in [1.807, 2.05) is 32.0 Å². The lowest BCUT2D eigenvalue weighted by Gasteiger charge is -2.46. The Hall–Kier alpha value is -3.15. The van der Waals surface area contributed by atoms with Crippen LogP contribution in [0.4, 0.5) is 5.95 Å². The average molecular weight is 445 g/mol. The molecule has 2 aliphatic heterocycles. The zero-order chi connectivity index (χ0) is 22.8. The number of hydrogen-bond acceptors (Lipinski definition) is 5. The van der Waals surface area contributed by atoms with Gasteiger partial charge in [0.15, 0.2) is 0 Å². The zero-order valence-corrected chi connectivity index (χ0v) is 19.6. The third kappa shape index (κ3) is 4.39. The fourth-order valence-corrected chi connectivity index (χ4v) is 5.49. The van der Waals surface area contributed by atoms with Crippen LogP contribution in [0.5, 0.6) is 0 Å². The molecule has 3 aliphatic rings. The molecular weight excluding hydrogens is 412 g/mol. The number of carbonyl (C=O) groups is 1. The number of anilines is 1. The van der Waals surface area contributed by atoms with Gasteiger partial charge in [-0.3, -0.25) is 4.79 Å². The minimum atomic E-state index is -0.255. The lowest BCUT2D eigenvalue weighted by Crippen LogP contribution is -2.54. The Labute approximate surface area is 195 Å². The predicted octanol–water partition coefficient (Wildman–Crippen LogP) is 4.87. The minimum absolute atomic E-state index is 0.255. The molecule has 4 heterocycles. The molecule has 0 saturated carbocycles. The van der Waals surface area contributed by atoms with E-state index in [1.54, 1.807) is 6.26 Å². The molecule has 2 aromatic heterocycles. The molecular formula is C27H32N4O2. The maximum atomic E-state index is 13.8. The summed E-state index contributed by atoms with van der Waals surface area (Å²) in [7, 11) is 0. The van der Waals surface area contributed by atoms with Crippen LogP contribution in [0.1, 0.15) is 49.3 Å². The Morgan fingerprint density at radius 3 is 2.58 bits per heavy atom. The van der Waals surface area contributed by atoms with Crippen molar-refractivity contribution in [3.63, 3.8) is 0 Å². The van der Waals surface area contributed by atoms with Crippen LogP contribution in [0, 0.1) is 19.3 Å². The number of carbonyl (C=O) groups excluding carboxylic acids is 1. The summed E-state index contributed by atoms with van der Waals surface area (Å²) >= 11 is 0. The normalized spacial score (nSPS) is 20.6. The van der Waals surface area contributed by atoms with E-state index >= 15 is 0 Å². The van der Waals surface area contributed by atoms with Crippen molar-refractivity contribution in [1.82, 2.24) is 14.9 Å². The van der Waals surface area contributed by atoms with Gasteiger partial charge in [0.1, 0.15) is 5.76 Å². The van der Waals surface area contributed by atoms with Gasteiger partial charge in [-0.05, 0) is 69.7 Å². The van der Waals surface area contributed by atoms with Crippen molar-refractivity contribution < 1.29 is 9.21 Å². The third-order valence-corrected chi connectivity index (χ3v) is 7.22. The summed E-state index contributed by atoms with van der Waals surface area (Å²) in [6.07, 6.45) is 14.7. The maximum absolute atomic E-state index is 13.8. The second-order valence-electron chi connectivity index (χ2n) is 9.53. The highest BCUT2D eigenvalue weighted by Crippen LogP contribution is 2.42. The van der Waals surface area contributed by atoms with Gasteiger partial charge < -0.3 is 14.2 Å². The molecule has 0 aromatic carbocycles. The molecule has 2 saturated heterocycles. The standard InChI is InChI=1S/C27H32N4O2/c1-20-18-21(2)29-26(28-20)30-15-12-27(13-16-30)11-7-14-31(25(27)32)19-22-8-4-3-5-9-23(22)24-10-6-17-33-24/h3-6,9-10,17-18H,7-8,11-16,19H2,1-2H3. The lowest BCUT2D eigenvalue weighted by molar-refractivity contribution is -0.147. The van der Waals surface area contributed by atoms with E-state index < -0.39 is 0 Å². The molecule has 2 aromatic rings. The van der Waals surface area contributed by atoms with Crippen LogP contribution in [0.15, 0.2) is 58.8 Å². The third-order valence-electron chi connectivity index (χ3n) is 7.22. The van der Waals surface area contributed by atoms with Crippen molar-refractivity contribution in [2.75, 3.05) is 31.1 Å². The molecule has 6 nitrogen and oxygen atoms in total. The van der Waals surface area contributed by atoms with Gasteiger partial charge in [-0.15, -0.1) is 0 Å². The first kappa shape index (κ1) is 21.7. The number of piperidine rings is 2. The minimum Gasteiger partial charge on any atom is -0.464 e. The van der Waals surface area contributed by atoms with Crippen LogP contribution in [-0.2, 0) is 4.79 Å². The number of rotatable bonds is 4. The first-order chi connectivity index (χ1) is 16.0. The lowest BCUT2D eigenvalue weighted by atomic mass is 9.71. The van der Waals surface area contributed by atoms with Gasteiger partial charge >= 0.3 is 0 Å². The summed E-state index contributed by atoms with van der Waals surface area (Å²) in [6, 6.07) is 5.91. The summed E-state index contributed by atoms with van der Waals surface area (Å²) < 4.78 is 5.70. The van der Waals surface area contributed by atoms with E-state index in [-0.39, 0.29) is 5.41 Å². The Balaban J connectivity index is 1.32. The highest BCUT2D eigenvalue weighted by molar-refractivity contribution is 5.85. The van der Waals surface area contributed by atoms with E-state index in [0.717, 1.165) is 80.4 Å². The highest BCUT2D eigenvalue weighted by atomic mass is 16.3. The van der Waals surface area contributed by atoms with Crippen molar-refractivity contribution in [1.29, 1.82) is 0 Å². The second-order valence-corrected chi connectivity index (χ2v) is 9.53. The van der Waals surface area contributed by atoms with Crippen LogP contribution in [0.25, 0.3) is 5.57 Å². The summed E-state index contributed by atoms with van der Waals surface area (Å²) in [6.45, 7) is 7.16. The number of nitrogens with zero attached hydrogens (tertiary/aromatic N) is 4. The molecule has 0 unspecified atom stereocenters. The van der Waals surface area contributed by atoms with E-state index in [2.05, 4.69) is 44.1 Å². The van der Waals surface area contributed by atoms with Crippen LogP contribution in [0.2, 0.25) is 0 Å². The number of allylic oxidation sites excluding steroid dienone is 5. The fourth-order valence-electron chi connectivity index (χ4n) is 5.49. The molecule has 5 rings (SSSR count). The SMILES string of the molecule is Cc1cc(C)nc(N2CCC3(CCCN(CC4=C(c5ccco5)C=CC=CC4)C3=O)CC2)n1. The van der Waals surface area contributed by atoms with Crippen LogP contribution in [0.3, 0.4) is 0 Å². The summed E-state index contributed by atoms with van der Waals surface area (Å²) in [4.78, 5) is 27.4. The molecule has 172 valence electrons. The molecule has 0 radical (unpaired) electrons. The molecule has 33 heavy (non-hydrogen) atoms.